The van der Waals surface area contributed by atoms with E-state index in [9.17, 15) is 30.6 Å². The highest BCUT2D eigenvalue weighted by atomic mass is 16.7. The topological polar surface area (TPSA) is 131 Å². The molecule has 6 fully saturated rings. The molecular formula is C20H32O7. The number of aliphatic hydroxyl groups is 6. The van der Waals surface area contributed by atoms with Crippen LogP contribution in [0, 0.1) is 22.7 Å². The molecular weight excluding hydrogens is 352 g/mol. The Morgan fingerprint density at radius 3 is 2.11 bits per heavy atom. The average Bonchev–Trinajstić information content (AvgIpc) is 2.82. The predicted octanol–water partition coefficient (Wildman–Crippen LogP) is -0.351. The van der Waals surface area contributed by atoms with E-state index in [4.69, 9.17) is 4.74 Å². The maximum Gasteiger partial charge on any atom is 0.178 e. The minimum Gasteiger partial charge on any atom is -0.390 e. The minimum atomic E-state index is -2.21. The van der Waals surface area contributed by atoms with Crippen LogP contribution in [0.1, 0.15) is 60.3 Å². The molecule has 6 bridgehead atoms. The molecule has 7 nitrogen and oxygen atoms in total. The zero-order valence-electron chi connectivity index (χ0n) is 16.7. The molecule has 4 aliphatic carbocycles. The molecule has 0 unspecified atom stereocenters. The van der Waals surface area contributed by atoms with Gasteiger partial charge >= 0.3 is 0 Å². The Kier molecular flexibility index (Phi) is 2.86. The van der Waals surface area contributed by atoms with Crippen molar-refractivity contribution in [1.29, 1.82) is 0 Å². The van der Waals surface area contributed by atoms with Crippen LogP contribution in [-0.4, -0.2) is 70.5 Å². The molecule has 6 N–H and O–H groups in total. The van der Waals surface area contributed by atoms with E-state index < -0.39 is 56.6 Å². The first kappa shape index (κ1) is 18.7. The van der Waals surface area contributed by atoms with E-state index in [2.05, 4.69) is 0 Å². The zero-order chi connectivity index (χ0) is 20.3. The fourth-order valence-corrected chi connectivity index (χ4v) is 8.64. The van der Waals surface area contributed by atoms with Crippen molar-refractivity contribution in [3.05, 3.63) is 0 Å². The summed E-state index contributed by atoms with van der Waals surface area (Å²) in [6, 6.07) is 0. The molecule has 6 aliphatic rings. The van der Waals surface area contributed by atoms with Gasteiger partial charge in [-0.3, -0.25) is 0 Å². The smallest absolute Gasteiger partial charge is 0.178 e. The molecule has 0 radical (unpaired) electrons. The molecule has 0 aromatic rings. The Morgan fingerprint density at radius 1 is 0.963 bits per heavy atom. The summed E-state index contributed by atoms with van der Waals surface area (Å²) < 4.78 is 6.12. The van der Waals surface area contributed by atoms with Gasteiger partial charge in [0.2, 0.25) is 0 Å². The van der Waals surface area contributed by atoms with Crippen LogP contribution in [0.4, 0.5) is 0 Å². The molecule has 27 heavy (non-hydrogen) atoms. The first-order chi connectivity index (χ1) is 12.1. The van der Waals surface area contributed by atoms with Gasteiger partial charge in [0.15, 0.2) is 11.4 Å². The summed E-state index contributed by atoms with van der Waals surface area (Å²) in [5, 5.41) is 70.9. The zero-order valence-corrected chi connectivity index (χ0v) is 16.7. The summed E-state index contributed by atoms with van der Waals surface area (Å²) in [6.07, 6.45) is -0.869. The number of hydrogen-bond acceptors (Lipinski definition) is 7. The average molecular weight is 384 g/mol. The SMILES string of the molecule is CC(C)[C@@]1(O)C[C@@]2(O)[C@@]3(C)C[C@]4(O)O[C@@]5([C@H](O)[C@@H](C)CC[C@]35O)[C@@]2(O)[C@@]41C. The van der Waals surface area contributed by atoms with Crippen molar-refractivity contribution in [2.45, 2.75) is 100 Å². The fraction of sp³-hybridized carbons (Fsp3) is 1.00. The largest absolute Gasteiger partial charge is 0.390 e. The van der Waals surface area contributed by atoms with Crippen LogP contribution >= 0.6 is 0 Å². The maximum atomic E-state index is 12.3. The summed E-state index contributed by atoms with van der Waals surface area (Å²) in [7, 11) is 0. The van der Waals surface area contributed by atoms with E-state index in [1.807, 2.05) is 0 Å². The molecule has 10 atom stereocenters. The second-order valence-electron chi connectivity index (χ2n) is 10.9. The van der Waals surface area contributed by atoms with Crippen molar-refractivity contribution in [2.75, 3.05) is 0 Å². The lowest BCUT2D eigenvalue weighted by Gasteiger charge is -2.60. The van der Waals surface area contributed by atoms with Crippen LogP contribution in [0.3, 0.4) is 0 Å². The highest BCUT2D eigenvalue weighted by molar-refractivity contribution is 5.54. The Labute approximate surface area is 159 Å². The monoisotopic (exact) mass is 384 g/mol. The van der Waals surface area contributed by atoms with Gasteiger partial charge in [-0.2, -0.15) is 0 Å². The number of hydrogen-bond donors (Lipinski definition) is 6. The second kappa shape index (κ2) is 4.13. The van der Waals surface area contributed by atoms with E-state index in [0.717, 1.165) is 0 Å². The van der Waals surface area contributed by atoms with Gasteiger partial charge in [-0.25, -0.2) is 0 Å². The summed E-state index contributed by atoms with van der Waals surface area (Å²) in [6.45, 7) is 8.55. The number of ether oxygens (including phenoxy) is 1. The normalized spacial score (nSPS) is 71.6. The molecule has 1 spiro atoms. The summed E-state index contributed by atoms with van der Waals surface area (Å²) in [4.78, 5) is 0. The van der Waals surface area contributed by atoms with Gasteiger partial charge in [-0.15, -0.1) is 0 Å². The van der Waals surface area contributed by atoms with Gasteiger partial charge < -0.3 is 35.4 Å². The molecule has 6 rings (SSSR count). The van der Waals surface area contributed by atoms with Gasteiger partial charge in [0.25, 0.3) is 0 Å². The Balaban J connectivity index is 1.94. The summed E-state index contributed by atoms with van der Waals surface area (Å²) in [5.74, 6) is -2.69. The van der Waals surface area contributed by atoms with Crippen molar-refractivity contribution in [1.82, 2.24) is 0 Å². The summed E-state index contributed by atoms with van der Waals surface area (Å²) >= 11 is 0. The molecule has 0 aromatic heterocycles. The molecule has 4 saturated carbocycles. The molecule has 2 heterocycles. The number of rotatable bonds is 1. The van der Waals surface area contributed by atoms with E-state index in [0.29, 0.717) is 6.42 Å². The van der Waals surface area contributed by atoms with Crippen molar-refractivity contribution < 1.29 is 35.4 Å². The minimum absolute atomic E-state index is 0.121. The van der Waals surface area contributed by atoms with E-state index in [-0.39, 0.29) is 25.2 Å². The van der Waals surface area contributed by atoms with Crippen molar-refractivity contribution in [3.63, 3.8) is 0 Å². The van der Waals surface area contributed by atoms with Gasteiger partial charge in [0.05, 0.1) is 17.1 Å². The van der Waals surface area contributed by atoms with Gasteiger partial charge in [-0.1, -0.05) is 27.7 Å². The van der Waals surface area contributed by atoms with Crippen LogP contribution in [0.2, 0.25) is 0 Å². The highest BCUT2D eigenvalue weighted by Gasteiger charge is 3.07. The molecule has 0 amide bonds. The van der Waals surface area contributed by atoms with Crippen LogP contribution in [0.5, 0.6) is 0 Å². The van der Waals surface area contributed by atoms with E-state index in [1.54, 1.807) is 27.7 Å². The molecule has 0 aromatic carbocycles. The van der Waals surface area contributed by atoms with Crippen LogP contribution < -0.4 is 0 Å². The van der Waals surface area contributed by atoms with Crippen LogP contribution in [0.15, 0.2) is 0 Å². The number of aliphatic hydroxyl groups excluding tert-OH is 1. The van der Waals surface area contributed by atoms with Crippen LogP contribution in [0.25, 0.3) is 0 Å². The fourth-order valence-electron chi connectivity index (χ4n) is 8.64. The van der Waals surface area contributed by atoms with Crippen molar-refractivity contribution >= 4 is 0 Å². The Hall–Kier alpha value is -0.280. The lowest BCUT2D eigenvalue weighted by Crippen LogP contribution is -2.75. The lowest BCUT2D eigenvalue weighted by molar-refractivity contribution is -0.390. The third-order valence-corrected chi connectivity index (χ3v) is 10.3. The van der Waals surface area contributed by atoms with Gasteiger partial charge in [0.1, 0.15) is 16.8 Å². The Bertz CT molecular complexity index is 759. The highest BCUT2D eigenvalue weighted by Crippen LogP contribution is 2.90. The standard InChI is InChI=1S/C20H32O7/c1-10(2)15(22)9-17(24)13(4)8-18(25)14(15,5)20(17,26)19(27-18)12(21)11(3)6-7-16(13,19)23/h10-12,21-26H,6-9H2,1-5H3/t11-,12+,13-,14+,15-,16-,17+,18-,19+,20+/m0/s1. The Morgan fingerprint density at radius 2 is 1.56 bits per heavy atom. The second-order valence-corrected chi connectivity index (χ2v) is 10.9. The maximum absolute atomic E-state index is 12.3. The van der Waals surface area contributed by atoms with Crippen molar-refractivity contribution in [2.24, 2.45) is 22.7 Å². The van der Waals surface area contributed by atoms with Crippen LogP contribution in [-0.2, 0) is 4.74 Å². The van der Waals surface area contributed by atoms with Gasteiger partial charge in [0, 0.05) is 18.3 Å². The molecule has 2 saturated heterocycles. The quantitative estimate of drug-likeness (QED) is 0.364. The van der Waals surface area contributed by atoms with E-state index >= 15 is 0 Å². The first-order valence-corrected chi connectivity index (χ1v) is 10.1. The van der Waals surface area contributed by atoms with Gasteiger partial charge in [-0.05, 0) is 31.6 Å². The third kappa shape index (κ3) is 1.16. The molecule has 7 heteroatoms. The predicted molar refractivity (Wildman–Crippen MR) is 93.3 cm³/mol. The van der Waals surface area contributed by atoms with Crippen molar-refractivity contribution in [3.8, 4) is 0 Å². The molecule has 2 aliphatic heterocycles. The van der Waals surface area contributed by atoms with E-state index in [1.165, 1.54) is 6.92 Å². The first-order valence-electron chi connectivity index (χ1n) is 10.1. The third-order valence-electron chi connectivity index (χ3n) is 10.3. The lowest BCUT2D eigenvalue weighted by atomic mass is 9.52. The summed E-state index contributed by atoms with van der Waals surface area (Å²) in [5.41, 5.74) is -12.5. The molecule has 154 valence electrons.